The highest BCUT2D eigenvalue weighted by Crippen LogP contribution is 2.44. The van der Waals surface area contributed by atoms with Crippen LogP contribution < -0.4 is 10.6 Å². The third kappa shape index (κ3) is 7.84. The second-order valence-electron chi connectivity index (χ2n) is 11.0. The Hall–Kier alpha value is -4.46. The first-order valence-electron chi connectivity index (χ1n) is 14.3. The number of hydrogen-bond donors (Lipinski definition) is 2. The van der Waals surface area contributed by atoms with Crippen LogP contribution in [0.1, 0.15) is 55.7 Å². The Bertz CT molecular complexity index is 1360. The fraction of sp³-hybridized carbons (Fsp3) is 0.353. The van der Waals surface area contributed by atoms with Gasteiger partial charge in [-0.1, -0.05) is 92.7 Å². The number of ketones is 1. The van der Waals surface area contributed by atoms with Crippen molar-refractivity contribution in [1.29, 1.82) is 0 Å². The fourth-order valence-corrected chi connectivity index (χ4v) is 5.38. The molecular formula is C34H38N2O6. The molecule has 3 aromatic rings. The monoisotopic (exact) mass is 570 g/mol. The van der Waals surface area contributed by atoms with Gasteiger partial charge in [0.1, 0.15) is 12.6 Å². The number of rotatable bonds is 13. The molecule has 42 heavy (non-hydrogen) atoms. The second-order valence-corrected chi connectivity index (χ2v) is 11.0. The molecule has 0 spiro atoms. The second kappa shape index (κ2) is 14.4. The standard InChI is InChI=1S/C34H38N2O6/c1-22(2)19-30(33(39)41-3)35-32(38)18-17-31(37)29(20-23-11-5-4-6-12-23)36-34(40)42-21-28-26-15-9-7-13-24(26)25-14-8-10-16-27(25)28/h4-16,22,28-30H,17-21H2,1-3H3,(H,35,38)(H,36,40)/t29-,30-/m0/s1. The van der Waals surface area contributed by atoms with Crippen LogP contribution in [0.25, 0.3) is 11.1 Å². The molecule has 8 heteroatoms. The Morgan fingerprint density at radius 2 is 1.36 bits per heavy atom. The van der Waals surface area contributed by atoms with Crippen molar-refractivity contribution in [2.75, 3.05) is 13.7 Å². The van der Waals surface area contributed by atoms with E-state index in [0.29, 0.717) is 6.42 Å². The van der Waals surface area contributed by atoms with Crippen molar-refractivity contribution in [2.45, 2.75) is 57.5 Å². The average Bonchev–Trinajstić information content (AvgIpc) is 3.31. The molecule has 220 valence electrons. The van der Waals surface area contributed by atoms with Gasteiger partial charge in [-0.05, 0) is 46.6 Å². The molecule has 0 aromatic heterocycles. The third-order valence-corrected chi connectivity index (χ3v) is 7.43. The molecular weight excluding hydrogens is 532 g/mol. The van der Waals surface area contributed by atoms with Crippen molar-refractivity contribution in [3.05, 3.63) is 95.6 Å². The van der Waals surface area contributed by atoms with Gasteiger partial charge in [0, 0.05) is 18.8 Å². The molecule has 1 aliphatic rings. The highest BCUT2D eigenvalue weighted by molar-refractivity contribution is 5.92. The van der Waals surface area contributed by atoms with Gasteiger partial charge in [0.05, 0.1) is 13.2 Å². The van der Waals surface area contributed by atoms with Crippen LogP contribution in [0.3, 0.4) is 0 Å². The molecule has 8 nitrogen and oxygen atoms in total. The molecule has 2 amide bonds. The summed E-state index contributed by atoms with van der Waals surface area (Å²) in [4.78, 5) is 51.0. The molecule has 2 atom stereocenters. The molecule has 0 saturated heterocycles. The first kappa shape index (κ1) is 30.5. The summed E-state index contributed by atoms with van der Waals surface area (Å²) in [6, 6.07) is 23.8. The molecule has 0 aliphatic heterocycles. The van der Waals surface area contributed by atoms with E-state index in [-0.39, 0.29) is 43.5 Å². The van der Waals surface area contributed by atoms with Gasteiger partial charge in [0.25, 0.3) is 0 Å². The summed E-state index contributed by atoms with van der Waals surface area (Å²) in [6.45, 7) is 4.00. The van der Waals surface area contributed by atoms with Gasteiger partial charge in [-0.3, -0.25) is 9.59 Å². The Balaban J connectivity index is 1.39. The summed E-state index contributed by atoms with van der Waals surface area (Å²) < 4.78 is 10.5. The van der Waals surface area contributed by atoms with E-state index in [1.807, 2.05) is 80.6 Å². The Morgan fingerprint density at radius 3 is 1.95 bits per heavy atom. The van der Waals surface area contributed by atoms with E-state index in [0.717, 1.165) is 27.8 Å². The highest BCUT2D eigenvalue weighted by Gasteiger charge is 2.30. The number of hydrogen-bond acceptors (Lipinski definition) is 6. The number of carbonyl (C=O) groups excluding carboxylic acids is 4. The average molecular weight is 571 g/mol. The van der Waals surface area contributed by atoms with Gasteiger partial charge in [0.15, 0.2) is 5.78 Å². The number of amides is 2. The lowest BCUT2D eigenvalue weighted by atomic mass is 9.98. The number of esters is 1. The van der Waals surface area contributed by atoms with Crippen LogP contribution in [0, 0.1) is 5.92 Å². The van der Waals surface area contributed by atoms with Crippen LogP contribution >= 0.6 is 0 Å². The minimum Gasteiger partial charge on any atom is -0.467 e. The zero-order valence-corrected chi connectivity index (χ0v) is 24.3. The maximum absolute atomic E-state index is 13.3. The van der Waals surface area contributed by atoms with Crippen LogP contribution in [-0.4, -0.2) is 49.6 Å². The van der Waals surface area contributed by atoms with Crippen molar-refractivity contribution in [3.8, 4) is 11.1 Å². The summed E-state index contributed by atoms with van der Waals surface area (Å²) >= 11 is 0. The first-order valence-corrected chi connectivity index (χ1v) is 14.3. The minimum atomic E-state index is -0.886. The number of nitrogens with one attached hydrogen (secondary N) is 2. The summed E-state index contributed by atoms with van der Waals surface area (Å²) in [7, 11) is 1.27. The largest absolute Gasteiger partial charge is 0.467 e. The van der Waals surface area contributed by atoms with Crippen molar-refractivity contribution in [1.82, 2.24) is 10.6 Å². The molecule has 0 saturated carbocycles. The van der Waals surface area contributed by atoms with E-state index in [2.05, 4.69) is 22.8 Å². The zero-order chi connectivity index (χ0) is 30.1. The number of methoxy groups -OCH3 is 1. The van der Waals surface area contributed by atoms with Crippen LogP contribution in [0.4, 0.5) is 4.79 Å². The summed E-state index contributed by atoms with van der Waals surface area (Å²) in [6.07, 6.45) is -0.251. The Labute approximate surface area is 246 Å². The predicted octanol–water partition coefficient (Wildman–Crippen LogP) is 5.19. The fourth-order valence-electron chi connectivity index (χ4n) is 5.38. The van der Waals surface area contributed by atoms with E-state index in [1.54, 1.807) is 0 Å². The van der Waals surface area contributed by atoms with E-state index in [4.69, 9.17) is 9.47 Å². The predicted molar refractivity (Wildman–Crippen MR) is 160 cm³/mol. The number of benzene rings is 3. The zero-order valence-electron chi connectivity index (χ0n) is 24.3. The minimum absolute atomic E-state index is 0.108. The van der Waals surface area contributed by atoms with E-state index in [9.17, 15) is 19.2 Å². The highest BCUT2D eigenvalue weighted by atomic mass is 16.5. The lowest BCUT2D eigenvalue weighted by Gasteiger charge is -2.20. The van der Waals surface area contributed by atoms with Crippen LogP contribution in [0.15, 0.2) is 78.9 Å². The normalized spacial score (nSPS) is 13.4. The van der Waals surface area contributed by atoms with E-state index < -0.39 is 30.1 Å². The molecule has 4 rings (SSSR count). The topological polar surface area (TPSA) is 111 Å². The summed E-state index contributed by atoms with van der Waals surface area (Å²) in [5.74, 6) is -1.21. The van der Waals surface area contributed by atoms with E-state index in [1.165, 1.54) is 7.11 Å². The lowest BCUT2D eigenvalue weighted by molar-refractivity contribution is -0.145. The number of fused-ring (bicyclic) bond motifs is 3. The van der Waals surface area contributed by atoms with Crippen molar-refractivity contribution < 1.29 is 28.7 Å². The van der Waals surface area contributed by atoms with Crippen molar-refractivity contribution in [2.24, 2.45) is 5.92 Å². The molecule has 2 N–H and O–H groups in total. The van der Waals surface area contributed by atoms with Gasteiger partial charge < -0.3 is 20.1 Å². The number of Topliss-reactive ketones (excluding diaryl/α,β-unsaturated/α-hetero) is 1. The van der Waals surface area contributed by atoms with Crippen molar-refractivity contribution in [3.63, 3.8) is 0 Å². The molecule has 0 fully saturated rings. The Morgan fingerprint density at radius 1 is 0.762 bits per heavy atom. The van der Waals surface area contributed by atoms with Crippen LogP contribution in [-0.2, 0) is 30.3 Å². The van der Waals surface area contributed by atoms with Crippen LogP contribution in [0.2, 0.25) is 0 Å². The summed E-state index contributed by atoms with van der Waals surface area (Å²) in [5, 5.41) is 5.41. The molecule has 0 radical (unpaired) electrons. The quantitative estimate of drug-likeness (QED) is 0.274. The number of ether oxygens (including phenoxy) is 2. The first-order chi connectivity index (χ1) is 20.3. The molecule has 1 aliphatic carbocycles. The van der Waals surface area contributed by atoms with Crippen LogP contribution in [0.5, 0.6) is 0 Å². The van der Waals surface area contributed by atoms with Gasteiger partial charge in [-0.15, -0.1) is 0 Å². The van der Waals surface area contributed by atoms with Gasteiger partial charge in [-0.25, -0.2) is 9.59 Å². The molecule has 0 bridgehead atoms. The number of carbonyl (C=O) groups is 4. The Kier molecular flexibility index (Phi) is 10.5. The number of alkyl carbamates (subject to hydrolysis) is 1. The lowest BCUT2D eigenvalue weighted by Crippen LogP contribution is -2.44. The van der Waals surface area contributed by atoms with Gasteiger partial charge in [-0.2, -0.15) is 0 Å². The molecule has 0 unspecified atom stereocenters. The van der Waals surface area contributed by atoms with E-state index >= 15 is 0 Å². The SMILES string of the molecule is COC(=O)[C@H](CC(C)C)NC(=O)CCC(=O)[C@H](Cc1ccccc1)NC(=O)OCC1c2ccccc2-c2ccccc21. The smallest absolute Gasteiger partial charge is 0.407 e. The third-order valence-electron chi connectivity index (χ3n) is 7.43. The van der Waals surface area contributed by atoms with Crippen molar-refractivity contribution >= 4 is 23.8 Å². The molecule has 3 aromatic carbocycles. The van der Waals surface area contributed by atoms with Gasteiger partial charge >= 0.3 is 12.1 Å². The van der Waals surface area contributed by atoms with Gasteiger partial charge in [0.2, 0.25) is 5.91 Å². The molecule has 0 heterocycles. The maximum Gasteiger partial charge on any atom is 0.407 e. The summed E-state index contributed by atoms with van der Waals surface area (Å²) in [5.41, 5.74) is 5.30. The maximum atomic E-state index is 13.3.